The minimum atomic E-state index is -0.484. The van der Waals surface area contributed by atoms with Crippen LogP contribution in [0.15, 0.2) is 0 Å². The molecule has 5 nitrogen and oxygen atoms in total. The van der Waals surface area contributed by atoms with Crippen LogP contribution in [-0.4, -0.2) is 53.5 Å². The second-order valence-corrected chi connectivity index (χ2v) is 6.28. The zero-order valence-corrected chi connectivity index (χ0v) is 11.5. The SMILES string of the molecule is CC(C)(C)OC(=O)N1[C@H](CO)C[C@H]2CNCC[C@H]21. The van der Waals surface area contributed by atoms with E-state index in [9.17, 15) is 9.90 Å². The molecule has 2 saturated heterocycles. The number of rotatable bonds is 1. The van der Waals surface area contributed by atoms with Crippen LogP contribution in [0.25, 0.3) is 0 Å². The summed E-state index contributed by atoms with van der Waals surface area (Å²) >= 11 is 0. The number of hydrogen-bond donors (Lipinski definition) is 2. The fraction of sp³-hybridized carbons (Fsp3) is 0.923. The summed E-state index contributed by atoms with van der Waals surface area (Å²) < 4.78 is 5.46. The van der Waals surface area contributed by atoms with Crippen LogP contribution in [0.4, 0.5) is 4.79 Å². The zero-order chi connectivity index (χ0) is 13.3. The van der Waals surface area contributed by atoms with Crippen molar-refractivity contribution in [1.82, 2.24) is 10.2 Å². The molecule has 18 heavy (non-hydrogen) atoms. The van der Waals surface area contributed by atoms with Crippen molar-refractivity contribution in [2.45, 2.75) is 51.3 Å². The average Bonchev–Trinajstić information content (AvgIpc) is 2.64. The van der Waals surface area contributed by atoms with E-state index in [0.29, 0.717) is 5.92 Å². The highest BCUT2D eigenvalue weighted by Gasteiger charge is 2.45. The third kappa shape index (κ3) is 2.78. The van der Waals surface area contributed by atoms with E-state index in [2.05, 4.69) is 5.32 Å². The lowest BCUT2D eigenvalue weighted by molar-refractivity contribution is 0.00572. The van der Waals surface area contributed by atoms with Gasteiger partial charge in [-0.3, -0.25) is 4.90 Å². The summed E-state index contributed by atoms with van der Waals surface area (Å²) in [6.07, 6.45) is 1.53. The van der Waals surface area contributed by atoms with Crippen molar-refractivity contribution in [3.05, 3.63) is 0 Å². The largest absolute Gasteiger partial charge is 0.444 e. The first-order chi connectivity index (χ1) is 8.42. The molecule has 2 aliphatic heterocycles. The van der Waals surface area contributed by atoms with Gasteiger partial charge in [-0.25, -0.2) is 4.79 Å². The summed E-state index contributed by atoms with van der Waals surface area (Å²) in [4.78, 5) is 14.0. The maximum atomic E-state index is 12.3. The lowest BCUT2D eigenvalue weighted by atomic mass is 9.94. The lowest BCUT2D eigenvalue weighted by Gasteiger charge is -2.35. The molecule has 0 aromatic rings. The highest BCUT2D eigenvalue weighted by Crippen LogP contribution is 2.34. The summed E-state index contributed by atoms with van der Waals surface area (Å²) in [5.74, 6) is 0.448. The number of fused-ring (bicyclic) bond motifs is 1. The summed E-state index contributed by atoms with van der Waals surface area (Å²) in [5.41, 5.74) is -0.484. The van der Waals surface area contributed by atoms with Crippen LogP contribution in [0.5, 0.6) is 0 Å². The van der Waals surface area contributed by atoms with Gasteiger partial charge in [-0.1, -0.05) is 0 Å². The summed E-state index contributed by atoms with van der Waals surface area (Å²) in [6.45, 7) is 7.49. The molecule has 0 aromatic heterocycles. The monoisotopic (exact) mass is 256 g/mol. The molecule has 0 radical (unpaired) electrons. The Kier molecular flexibility index (Phi) is 3.82. The van der Waals surface area contributed by atoms with E-state index in [4.69, 9.17) is 4.74 Å². The zero-order valence-electron chi connectivity index (χ0n) is 11.5. The van der Waals surface area contributed by atoms with Crippen molar-refractivity contribution in [3.63, 3.8) is 0 Å². The number of aliphatic hydroxyl groups excluding tert-OH is 1. The first kappa shape index (κ1) is 13.6. The topological polar surface area (TPSA) is 61.8 Å². The molecule has 2 aliphatic rings. The molecule has 2 fully saturated rings. The van der Waals surface area contributed by atoms with Crippen molar-refractivity contribution < 1.29 is 14.6 Å². The Morgan fingerprint density at radius 3 is 2.83 bits per heavy atom. The molecule has 1 amide bonds. The van der Waals surface area contributed by atoms with Gasteiger partial charge in [0.25, 0.3) is 0 Å². The first-order valence-electron chi connectivity index (χ1n) is 6.75. The normalized spacial score (nSPS) is 32.2. The van der Waals surface area contributed by atoms with Crippen molar-refractivity contribution in [2.75, 3.05) is 19.7 Å². The van der Waals surface area contributed by atoms with E-state index in [0.717, 1.165) is 25.9 Å². The second-order valence-electron chi connectivity index (χ2n) is 6.28. The molecule has 0 aliphatic carbocycles. The summed E-state index contributed by atoms with van der Waals surface area (Å²) in [6, 6.07) is 0.132. The van der Waals surface area contributed by atoms with Gasteiger partial charge in [0.2, 0.25) is 0 Å². The Bertz CT molecular complexity index is 314. The van der Waals surface area contributed by atoms with Crippen LogP contribution in [0.2, 0.25) is 0 Å². The van der Waals surface area contributed by atoms with Crippen molar-refractivity contribution in [3.8, 4) is 0 Å². The number of ether oxygens (including phenoxy) is 1. The number of nitrogens with zero attached hydrogens (tertiary/aromatic N) is 1. The number of nitrogens with one attached hydrogen (secondary N) is 1. The van der Waals surface area contributed by atoms with E-state index in [-0.39, 0.29) is 24.8 Å². The standard InChI is InChI=1S/C13H24N2O3/c1-13(2,3)18-12(17)15-10(8-16)6-9-7-14-5-4-11(9)15/h9-11,14,16H,4-8H2,1-3H3/t9-,10-,11+/m0/s1. The van der Waals surface area contributed by atoms with Gasteiger partial charge in [0.1, 0.15) is 5.60 Å². The van der Waals surface area contributed by atoms with Gasteiger partial charge < -0.3 is 15.2 Å². The lowest BCUT2D eigenvalue weighted by Crippen LogP contribution is -2.49. The molecule has 0 bridgehead atoms. The van der Waals surface area contributed by atoms with Crippen LogP contribution in [0.3, 0.4) is 0 Å². The number of aliphatic hydroxyl groups is 1. The average molecular weight is 256 g/mol. The van der Waals surface area contributed by atoms with E-state index in [1.807, 2.05) is 20.8 Å². The smallest absolute Gasteiger partial charge is 0.410 e. The Morgan fingerprint density at radius 2 is 2.22 bits per heavy atom. The molecule has 0 saturated carbocycles. The van der Waals surface area contributed by atoms with Gasteiger partial charge in [-0.05, 0) is 52.6 Å². The van der Waals surface area contributed by atoms with Crippen LogP contribution < -0.4 is 5.32 Å². The molecule has 3 atom stereocenters. The van der Waals surface area contributed by atoms with Gasteiger partial charge in [0.05, 0.1) is 12.6 Å². The molecular formula is C13H24N2O3. The maximum Gasteiger partial charge on any atom is 0.410 e. The van der Waals surface area contributed by atoms with Crippen molar-refractivity contribution in [2.24, 2.45) is 5.92 Å². The number of piperidine rings is 1. The second kappa shape index (κ2) is 5.05. The third-order valence-corrected chi connectivity index (χ3v) is 3.71. The molecule has 2 N–H and O–H groups in total. The number of carbonyl (C=O) groups is 1. The highest BCUT2D eigenvalue weighted by molar-refractivity contribution is 5.69. The maximum absolute atomic E-state index is 12.3. The van der Waals surface area contributed by atoms with Crippen LogP contribution >= 0.6 is 0 Å². The molecule has 2 rings (SSSR count). The van der Waals surface area contributed by atoms with Gasteiger partial charge in [0.15, 0.2) is 0 Å². The van der Waals surface area contributed by atoms with Crippen molar-refractivity contribution >= 4 is 6.09 Å². The first-order valence-corrected chi connectivity index (χ1v) is 6.75. The number of likely N-dealkylation sites (tertiary alicyclic amines) is 1. The van der Waals surface area contributed by atoms with Gasteiger partial charge in [-0.15, -0.1) is 0 Å². The summed E-state index contributed by atoms with van der Waals surface area (Å²) in [7, 11) is 0. The van der Waals surface area contributed by atoms with Gasteiger partial charge in [-0.2, -0.15) is 0 Å². The predicted octanol–water partition coefficient (Wildman–Crippen LogP) is 0.966. The van der Waals surface area contributed by atoms with Gasteiger partial charge in [0, 0.05) is 6.04 Å². The van der Waals surface area contributed by atoms with Crippen LogP contribution in [-0.2, 0) is 4.74 Å². The summed E-state index contributed by atoms with van der Waals surface area (Å²) in [5, 5.41) is 12.8. The quantitative estimate of drug-likeness (QED) is 0.734. The highest BCUT2D eigenvalue weighted by atomic mass is 16.6. The molecule has 104 valence electrons. The van der Waals surface area contributed by atoms with E-state index in [1.54, 1.807) is 4.90 Å². The fourth-order valence-electron chi connectivity index (χ4n) is 3.01. The van der Waals surface area contributed by atoms with Crippen molar-refractivity contribution in [1.29, 1.82) is 0 Å². The van der Waals surface area contributed by atoms with Crippen LogP contribution in [0.1, 0.15) is 33.6 Å². The molecule has 2 heterocycles. The van der Waals surface area contributed by atoms with Crippen LogP contribution in [0, 0.1) is 5.92 Å². The predicted molar refractivity (Wildman–Crippen MR) is 68.3 cm³/mol. The Hall–Kier alpha value is -0.810. The molecular weight excluding hydrogens is 232 g/mol. The minimum Gasteiger partial charge on any atom is -0.444 e. The molecule has 5 heteroatoms. The third-order valence-electron chi connectivity index (χ3n) is 3.71. The minimum absolute atomic E-state index is 0.0201. The van der Waals surface area contributed by atoms with E-state index >= 15 is 0 Å². The number of hydrogen-bond acceptors (Lipinski definition) is 4. The van der Waals surface area contributed by atoms with E-state index < -0.39 is 5.60 Å². The Morgan fingerprint density at radius 1 is 1.50 bits per heavy atom. The number of amides is 1. The van der Waals surface area contributed by atoms with Gasteiger partial charge >= 0.3 is 6.09 Å². The van der Waals surface area contributed by atoms with E-state index in [1.165, 1.54) is 0 Å². The fourth-order valence-corrected chi connectivity index (χ4v) is 3.01. The molecule has 0 unspecified atom stereocenters. The molecule has 0 spiro atoms. The molecule has 0 aromatic carbocycles. The number of carbonyl (C=O) groups excluding carboxylic acids is 1. The Balaban J connectivity index is 2.10. The Labute approximate surface area is 108 Å².